The topological polar surface area (TPSA) is 15.3 Å². The van der Waals surface area contributed by atoms with Gasteiger partial charge in [-0.3, -0.25) is 4.90 Å². The van der Waals surface area contributed by atoms with Crippen molar-refractivity contribution >= 4 is 0 Å². The number of likely N-dealkylation sites (N-methyl/N-ethyl adjacent to an activating group) is 1. The lowest BCUT2D eigenvalue weighted by atomic mass is 9.95. The lowest BCUT2D eigenvalue weighted by Gasteiger charge is -2.37. The van der Waals surface area contributed by atoms with Crippen LogP contribution < -0.4 is 5.32 Å². The molecule has 0 saturated heterocycles. The maximum absolute atomic E-state index is 4.27. The molecule has 0 fully saturated rings. The first-order valence-corrected chi connectivity index (χ1v) is 7.45. The van der Waals surface area contributed by atoms with E-state index < -0.39 is 0 Å². The molecule has 112 valence electrons. The maximum atomic E-state index is 4.27. The monoisotopic (exact) mass is 266 g/mol. The Bertz CT molecular complexity index is 302. The van der Waals surface area contributed by atoms with Crippen LogP contribution in [0.5, 0.6) is 0 Å². The van der Waals surface area contributed by atoms with Crippen molar-refractivity contribution in [1.82, 2.24) is 10.2 Å². The molecular weight excluding hydrogens is 232 g/mol. The Morgan fingerprint density at radius 1 is 0.947 bits per heavy atom. The van der Waals surface area contributed by atoms with E-state index >= 15 is 0 Å². The van der Waals surface area contributed by atoms with Gasteiger partial charge in [0.15, 0.2) is 0 Å². The highest BCUT2D eigenvalue weighted by Gasteiger charge is 2.25. The number of nitrogens with zero attached hydrogens (tertiary/aromatic N) is 1. The third kappa shape index (κ3) is 5.40. The molecule has 0 aliphatic carbocycles. The molecule has 0 radical (unpaired) electrons. The second-order valence-electron chi connectivity index (χ2n) is 6.57. The van der Waals surface area contributed by atoms with E-state index in [1.165, 1.54) is 5.57 Å². The van der Waals surface area contributed by atoms with Crippen molar-refractivity contribution < 1.29 is 0 Å². The first-order valence-electron chi connectivity index (χ1n) is 7.45. The Kier molecular flexibility index (Phi) is 7.43. The van der Waals surface area contributed by atoms with E-state index in [1.807, 2.05) is 0 Å². The average Bonchev–Trinajstić information content (AvgIpc) is 2.26. The predicted octanol–water partition coefficient (Wildman–Crippen LogP) is 4.06. The summed E-state index contributed by atoms with van der Waals surface area (Å²) >= 11 is 0. The molecule has 0 rings (SSSR count). The van der Waals surface area contributed by atoms with Crippen LogP contribution in [-0.2, 0) is 0 Å². The molecule has 0 saturated carbocycles. The molecule has 2 heteroatoms. The molecule has 0 aliphatic rings. The van der Waals surface area contributed by atoms with Crippen molar-refractivity contribution in [3.63, 3.8) is 0 Å². The normalized spacial score (nSPS) is 15.2. The molecule has 0 amide bonds. The van der Waals surface area contributed by atoms with Gasteiger partial charge in [-0.1, -0.05) is 46.4 Å². The van der Waals surface area contributed by atoms with E-state index in [9.17, 15) is 0 Å². The molecule has 19 heavy (non-hydrogen) atoms. The Morgan fingerprint density at radius 3 is 1.74 bits per heavy atom. The van der Waals surface area contributed by atoms with Crippen molar-refractivity contribution in [3.8, 4) is 0 Å². The summed E-state index contributed by atoms with van der Waals surface area (Å²) in [7, 11) is 2.17. The van der Waals surface area contributed by atoms with Gasteiger partial charge in [0.25, 0.3) is 0 Å². The van der Waals surface area contributed by atoms with E-state index in [0.29, 0.717) is 23.9 Å². The standard InChI is InChI=1S/C17H34N2/c1-11(2)14(7)15(8)18-16(9)17(12(3)4)19(10)13(5)6/h11-13,15,17-18H,7,9H2,1-6,8,10H3. The fourth-order valence-electron chi connectivity index (χ4n) is 2.40. The van der Waals surface area contributed by atoms with Gasteiger partial charge in [-0.2, -0.15) is 0 Å². The van der Waals surface area contributed by atoms with Crippen LogP contribution in [0.1, 0.15) is 48.5 Å². The average molecular weight is 266 g/mol. The molecule has 0 aromatic heterocycles. The molecule has 0 aromatic rings. The van der Waals surface area contributed by atoms with Gasteiger partial charge in [-0.05, 0) is 39.7 Å². The smallest absolute Gasteiger partial charge is 0.0511 e. The van der Waals surface area contributed by atoms with Gasteiger partial charge >= 0.3 is 0 Å². The van der Waals surface area contributed by atoms with Crippen molar-refractivity contribution in [1.29, 1.82) is 0 Å². The molecular formula is C17H34N2. The summed E-state index contributed by atoms with van der Waals surface area (Å²) in [5, 5.41) is 3.54. The van der Waals surface area contributed by atoms with E-state index in [0.717, 1.165) is 5.70 Å². The fourth-order valence-corrected chi connectivity index (χ4v) is 2.40. The molecule has 2 atom stereocenters. The minimum absolute atomic E-state index is 0.273. The van der Waals surface area contributed by atoms with Gasteiger partial charge in [0, 0.05) is 17.8 Å². The Morgan fingerprint density at radius 2 is 1.42 bits per heavy atom. The fraction of sp³-hybridized carbons (Fsp3) is 0.765. The summed E-state index contributed by atoms with van der Waals surface area (Å²) in [4.78, 5) is 2.38. The van der Waals surface area contributed by atoms with Crippen LogP contribution in [-0.4, -0.2) is 30.1 Å². The van der Waals surface area contributed by atoms with E-state index in [-0.39, 0.29) is 6.04 Å². The van der Waals surface area contributed by atoms with Gasteiger partial charge in [0.1, 0.15) is 0 Å². The van der Waals surface area contributed by atoms with Gasteiger partial charge in [-0.25, -0.2) is 0 Å². The lowest BCUT2D eigenvalue weighted by Crippen LogP contribution is -2.46. The second kappa shape index (κ2) is 7.74. The highest BCUT2D eigenvalue weighted by molar-refractivity contribution is 5.14. The zero-order valence-electron chi connectivity index (χ0n) is 14.2. The van der Waals surface area contributed by atoms with Gasteiger partial charge in [0.2, 0.25) is 0 Å². The van der Waals surface area contributed by atoms with Crippen LogP contribution >= 0.6 is 0 Å². The summed E-state index contributed by atoms with van der Waals surface area (Å²) in [5.74, 6) is 1.03. The van der Waals surface area contributed by atoms with Crippen molar-refractivity contribution in [2.24, 2.45) is 11.8 Å². The second-order valence-corrected chi connectivity index (χ2v) is 6.57. The summed E-state index contributed by atoms with van der Waals surface area (Å²) in [6, 6.07) is 1.13. The minimum Gasteiger partial charge on any atom is -0.381 e. The highest BCUT2D eigenvalue weighted by Crippen LogP contribution is 2.20. The van der Waals surface area contributed by atoms with Gasteiger partial charge in [-0.15, -0.1) is 0 Å². The molecule has 0 spiro atoms. The summed E-state index contributed by atoms with van der Waals surface area (Å²) in [5.41, 5.74) is 2.33. The van der Waals surface area contributed by atoms with Gasteiger partial charge in [0.05, 0.1) is 6.04 Å². The lowest BCUT2D eigenvalue weighted by molar-refractivity contribution is 0.173. The molecule has 2 nitrogen and oxygen atoms in total. The van der Waals surface area contributed by atoms with E-state index in [4.69, 9.17) is 0 Å². The summed E-state index contributed by atoms with van der Waals surface area (Å²) in [6.45, 7) is 23.9. The van der Waals surface area contributed by atoms with Crippen LogP contribution in [0.4, 0.5) is 0 Å². The van der Waals surface area contributed by atoms with Crippen LogP contribution in [0, 0.1) is 11.8 Å². The molecule has 1 N–H and O–H groups in total. The van der Waals surface area contributed by atoms with E-state index in [1.54, 1.807) is 0 Å². The number of nitrogens with one attached hydrogen (secondary N) is 1. The number of rotatable bonds is 8. The summed E-state index contributed by atoms with van der Waals surface area (Å²) in [6.07, 6.45) is 0. The van der Waals surface area contributed by atoms with Crippen LogP contribution in [0.2, 0.25) is 0 Å². The Balaban J connectivity index is 4.80. The largest absolute Gasteiger partial charge is 0.381 e. The molecule has 0 bridgehead atoms. The Labute approximate surface area is 121 Å². The zero-order chi connectivity index (χ0) is 15.3. The predicted molar refractivity (Wildman–Crippen MR) is 87.2 cm³/mol. The van der Waals surface area contributed by atoms with Crippen LogP contribution in [0.15, 0.2) is 24.4 Å². The summed E-state index contributed by atoms with van der Waals surface area (Å²) < 4.78 is 0. The number of hydrogen-bond donors (Lipinski definition) is 1. The third-order valence-corrected chi connectivity index (χ3v) is 3.94. The van der Waals surface area contributed by atoms with Crippen molar-refractivity contribution in [2.45, 2.75) is 66.6 Å². The Hall–Kier alpha value is -0.760. The van der Waals surface area contributed by atoms with Gasteiger partial charge < -0.3 is 5.32 Å². The zero-order valence-corrected chi connectivity index (χ0v) is 14.2. The van der Waals surface area contributed by atoms with Crippen LogP contribution in [0.3, 0.4) is 0 Å². The van der Waals surface area contributed by atoms with E-state index in [2.05, 4.69) is 78.9 Å². The molecule has 2 unspecified atom stereocenters. The van der Waals surface area contributed by atoms with Crippen molar-refractivity contribution in [2.75, 3.05) is 7.05 Å². The first kappa shape index (κ1) is 18.2. The van der Waals surface area contributed by atoms with Crippen molar-refractivity contribution in [3.05, 3.63) is 24.4 Å². The number of hydrogen-bond acceptors (Lipinski definition) is 2. The first-order chi connectivity index (χ1) is 8.59. The quantitative estimate of drug-likeness (QED) is 0.667. The van der Waals surface area contributed by atoms with Crippen LogP contribution in [0.25, 0.3) is 0 Å². The SMILES string of the molecule is C=C(C(C)C)C(C)NC(=C)C(C(C)C)N(C)C(C)C. The highest BCUT2D eigenvalue weighted by atomic mass is 15.2. The maximum Gasteiger partial charge on any atom is 0.0511 e. The minimum atomic E-state index is 0.273. The molecule has 0 aliphatic heterocycles. The molecule has 0 aromatic carbocycles. The molecule has 0 heterocycles. The third-order valence-electron chi connectivity index (χ3n) is 3.94.